The van der Waals surface area contributed by atoms with Crippen molar-refractivity contribution >= 4 is 33.4 Å². The van der Waals surface area contributed by atoms with E-state index in [9.17, 15) is 9.59 Å². The van der Waals surface area contributed by atoms with E-state index >= 15 is 0 Å². The highest BCUT2D eigenvalue weighted by Gasteiger charge is 2.26. The minimum Gasteiger partial charge on any atom is -0.288 e. The summed E-state index contributed by atoms with van der Waals surface area (Å²) in [5.41, 5.74) is 0.931. The molecule has 4 rings (SSSR count). The highest BCUT2D eigenvalue weighted by molar-refractivity contribution is 6.23. The zero-order valence-corrected chi connectivity index (χ0v) is 9.94. The molecular formula is C16H9NO2. The summed E-state index contributed by atoms with van der Waals surface area (Å²) in [6.45, 7) is 0. The number of hydrogen-bond acceptors (Lipinski definition) is 2. The molecule has 1 aliphatic rings. The summed E-state index contributed by atoms with van der Waals surface area (Å²) in [5, 5.41) is 6.52. The minimum absolute atomic E-state index is 0.310. The quantitative estimate of drug-likeness (QED) is 0.490. The summed E-state index contributed by atoms with van der Waals surface area (Å²) in [5.74, 6) is -0.620. The third-order valence-electron chi connectivity index (χ3n) is 3.56. The summed E-state index contributed by atoms with van der Waals surface area (Å²) in [7, 11) is 0. The molecule has 0 spiro atoms. The first-order chi connectivity index (χ1) is 9.22. The van der Waals surface area contributed by atoms with Crippen LogP contribution in [0.15, 0.2) is 48.5 Å². The van der Waals surface area contributed by atoms with Crippen LogP contribution in [0.5, 0.6) is 0 Å². The molecule has 0 atom stereocenters. The molecular weight excluding hydrogens is 238 g/mol. The lowest BCUT2D eigenvalue weighted by molar-refractivity contribution is 0.0879. The molecule has 0 unspecified atom stereocenters. The van der Waals surface area contributed by atoms with Gasteiger partial charge in [0.05, 0.1) is 11.1 Å². The van der Waals surface area contributed by atoms with Gasteiger partial charge in [0.1, 0.15) is 0 Å². The fourth-order valence-electron chi connectivity index (χ4n) is 2.61. The van der Waals surface area contributed by atoms with Gasteiger partial charge in [-0.05, 0) is 45.8 Å². The summed E-state index contributed by atoms with van der Waals surface area (Å²) in [4.78, 5) is 23.3. The molecule has 19 heavy (non-hydrogen) atoms. The molecule has 1 heterocycles. The fourth-order valence-corrected chi connectivity index (χ4v) is 2.61. The number of nitrogens with one attached hydrogen (secondary N) is 1. The van der Waals surface area contributed by atoms with Gasteiger partial charge in [-0.2, -0.15) is 0 Å². The first-order valence-corrected chi connectivity index (χ1v) is 6.04. The highest BCUT2D eigenvalue weighted by Crippen LogP contribution is 2.27. The van der Waals surface area contributed by atoms with E-state index < -0.39 is 0 Å². The van der Waals surface area contributed by atoms with Gasteiger partial charge in [-0.15, -0.1) is 0 Å². The van der Waals surface area contributed by atoms with Crippen molar-refractivity contribution in [3.63, 3.8) is 0 Å². The van der Waals surface area contributed by atoms with Crippen molar-refractivity contribution in [3.05, 3.63) is 59.7 Å². The minimum atomic E-state index is -0.310. The lowest BCUT2D eigenvalue weighted by Crippen LogP contribution is -2.19. The zero-order valence-electron chi connectivity index (χ0n) is 9.94. The standard InChI is InChI=1S/C16H9NO2/c18-15-13-7-11-5-9-3-1-2-4-10(9)6-12(11)8-14(13)16(19)17-15/h1-8H,(H,17,18,19). The molecule has 0 saturated carbocycles. The SMILES string of the molecule is O=C1NC(=O)c2cc3cc4ccccc4cc3cc21. The molecule has 1 N–H and O–H groups in total. The first-order valence-electron chi connectivity index (χ1n) is 6.04. The fraction of sp³-hybridized carbons (Fsp3) is 0. The van der Waals surface area contributed by atoms with E-state index in [2.05, 4.69) is 5.32 Å². The molecule has 3 nitrogen and oxygen atoms in total. The Morgan fingerprint density at radius 3 is 1.58 bits per heavy atom. The van der Waals surface area contributed by atoms with Crippen LogP contribution in [0.3, 0.4) is 0 Å². The second kappa shape index (κ2) is 3.42. The van der Waals surface area contributed by atoms with Gasteiger partial charge in [0.15, 0.2) is 0 Å². The Labute approximate surface area is 108 Å². The predicted molar refractivity (Wildman–Crippen MR) is 73.3 cm³/mol. The van der Waals surface area contributed by atoms with Gasteiger partial charge in [-0.3, -0.25) is 14.9 Å². The van der Waals surface area contributed by atoms with E-state index in [1.165, 1.54) is 0 Å². The van der Waals surface area contributed by atoms with Gasteiger partial charge in [0, 0.05) is 0 Å². The molecule has 1 aliphatic heterocycles. The second-order valence-corrected chi connectivity index (χ2v) is 4.73. The molecule has 2 amide bonds. The molecule has 3 heteroatoms. The number of benzene rings is 3. The van der Waals surface area contributed by atoms with Crippen LogP contribution in [0.2, 0.25) is 0 Å². The molecule has 0 fully saturated rings. The van der Waals surface area contributed by atoms with Crippen molar-refractivity contribution in [2.75, 3.05) is 0 Å². The smallest absolute Gasteiger partial charge is 0.258 e. The van der Waals surface area contributed by atoms with Crippen LogP contribution in [0.25, 0.3) is 21.5 Å². The number of carbonyl (C=O) groups excluding carboxylic acids is 2. The Kier molecular flexibility index (Phi) is 1.85. The molecule has 90 valence electrons. The highest BCUT2D eigenvalue weighted by atomic mass is 16.2. The molecule has 0 aliphatic carbocycles. The maximum absolute atomic E-state index is 11.7. The number of rotatable bonds is 0. The van der Waals surface area contributed by atoms with Crippen molar-refractivity contribution in [1.82, 2.24) is 5.32 Å². The molecule has 3 aromatic rings. The van der Waals surface area contributed by atoms with Gasteiger partial charge < -0.3 is 0 Å². The Balaban J connectivity index is 2.13. The Morgan fingerprint density at radius 2 is 1.11 bits per heavy atom. The van der Waals surface area contributed by atoms with Crippen LogP contribution in [-0.4, -0.2) is 11.8 Å². The lowest BCUT2D eigenvalue weighted by atomic mass is 9.99. The molecule has 3 aromatic carbocycles. The number of amides is 2. The van der Waals surface area contributed by atoms with Crippen molar-refractivity contribution in [2.24, 2.45) is 0 Å². The average Bonchev–Trinajstić information content (AvgIpc) is 2.69. The van der Waals surface area contributed by atoms with E-state index in [0.717, 1.165) is 21.5 Å². The van der Waals surface area contributed by atoms with Gasteiger partial charge in [0.25, 0.3) is 11.8 Å². The second-order valence-electron chi connectivity index (χ2n) is 4.73. The van der Waals surface area contributed by atoms with Crippen molar-refractivity contribution in [3.8, 4) is 0 Å². The van der Waals surface area contributed by atoms with Crippen LogP contribution in [0, 0.1) is 0 Å². The number of hydrogen-bond donors (Lipinski definition) is 1. The molecule has 0 saturated heterocycles. The molecule has 0 aromatic heterocycles. The van der Waals surface area contributed by atoms with E-state index in [4.69, 9.17) is 0 Å². The largest absolute Gasteiger partial charge is 0.288 e. The third-order valence-corrected chi connectivity index (χ3v) is 3.56. The monoisotopic (exact) mass is 247 g/mol. The van der Waals surface area contributed by atoms with E-state index in [0.29, 0.717) is 11.1 Å². The zero-order chi connectivity index (χ0) is 13.0. The predicted octanol–water partition coefficient (Wildman–Crippen LogP) is 2.88. The van der Waals surface area contributed by atoms with Crippen LogP contribution in [-0.2, 0) is 0 Å². The van der Waals surface area contributed by atoms with Crippen LogP contribution < -0.4 is 5.32 Å². The maximum atomic E-state index is 11.7. The van der Waals surface area contributed by atoms with Crippen molar-refractivity contribution in [2.45, 2.75) is 0 Å². The van der Waals surface area contributed by atoms with Crippen molar-refractivity contribution in [1.29, 1.82) is 0 Å². The van der Waals surface area contributed by atoms with E-state index in [-0.39, 0.29) is 11.8 Å². The lowest BCUT2D eigenvalue weighted by Gasteiger charge is -2.04. The average molecular weight is 247 g/mol. The Bertz CT molecular complexity index is 808. The number of carbonyl (C=O) groups is 2. The summed E-state index contributed by atoms with van der Waals surface area (Å²) in [6.07, 6.45) is 0. The summed E-state index contributed by atoms with van der Waals surface area (Å²) < 4.78 is 0. The first kappa shape index (κ1) is 10.3. The molecule has 0 bridgehead atoms. The Hall–Kier alpha value is -2.68. The normalized spacial score (nSPS) is 13.9. The number of fused-ring (bicyclic) bond motifs is 3. The van der Waals surface area contributed by atoms with E-state index in [1.54, 1.807) is 12.1 Å². The summed E-state index contributed by atoms with van der Waals surface area (Å²) in [6, 6.07) is 15.7. The van der Waals surface area contributed by atoms with Gasteiger partial charge in [-0.1, -0.05) is 24.3 Å². The van der Waals surface area contributed by atoms with Crippen LogP contribution >= 0.6 is 0 Å². The van der Waals surface area contributed by atoms with Gasteiger partial charge in [0.2, 0.25) is 0 Å². The number of imide groups is 1. The van der Waals surface area contributed by atoms with Crippen LogP contribution in [0.1, 0.15) is 20.7 Å². The van der Waals surface area contributed by atoms with Crippen LogP contribution in [0.4, 0.5) is 0 Å². The van der Waals surface area contributed by atoms with E-state index in [1.807, 2.05) is 36.4 Å². The van der Waals surface area contributed by atoms with Gasteiger partial charge in [-0.25, -0.2) is 0 Å². The Morgan fingerprint density at radius 1 is 0.632 bits per heavy atom. The maximum Gasteiger partial charge on any atom is 0.258 e. The van der Waals surface area contributed by atoms with Gasteiger partial charge >= 0.3 is 0 Å². The summed E-state index contributed by atoms with van der Waals surface area (Å²) >= 11 is 0. The topological polar surface area (TPSA) is 46.2 Å². The molecule has 0 radical (unpaired) electrons. The van der Waals surface area contributed by atoms with Crippen molar-refractivity contribution < 1.29 is 9.59 Å². The third kappa shape index (κ3) is 1.38.